The van der Waals surface area contributed by atoms with Gasteiger partial charge in [-0.3, -0.25) is 19.1 Å². The number of amides is 1. The molecule has 0 spiro atoms. The van der Waals surface area contributed by atoms with Crippen LogP contribution >= 0.6 is 0 Å². The summed E-state index contributed by atoms with van der Waals surface area (Å²) in [7, 11) is 1.40. The van der Waals surface area contributed by atoms with Crippen molar-refractivity contribution in [3.8, 4) is 0 Å². The van der Waals surface area contributed by atoms with Crippen LogP contribution in [0.1, 0.15) is 23.5 Å². The Kier molecular flexibility index (Phi) is 4.47. The molecule has 2 rings (SSSR count). The predicted molar refractivity (Wildman–Crippen MR) is 72.2 cm³/mol. The number of hydrogen-bond donors (Lipinski definition) is 4. The Balaban J connectivity index is 2.44. The van der Waals surface area contributed by atoms with E-state index in [1.54, 1.807) is 6.92 Å². The molecule has 1 aliphatic heterocycles. The number of carbonyl (C=O) groups excluding carboxylic acids is 1. The van der Waals surface area contributed by atoms with Crippen molar-refractivity contribution in [1.29, 1.82) is 0 Å². The van der Waals surface area contributed by atoms with Crippen molar-refractivity contribution in [3.05, 3.63) is 32.6 Å². The summed E-state index contributed by atoms with van der Waals surface area (Å²) in [5.41, 5.74) is 2.73. The topological polar surface area (TPSA) is 157 Å². The number of H-pyrrole nitrogens is 1. The van der Waals surface area contributed by atoms with Gasteiger partial charge in [0.1, 0.15) is 23.9 Å². The summed E-state index contributed by atoms with van der Waals surface area (Å²) >= 11 is 0. The summed E-state index contributed by atoms with van der Waals surface area (Å²) in [4.78, 5) is 36.4. The summed E-state index contributed by atoms with van der Waals surface area (Å²) in [5.74, 6) is -1.04. The zero-order valence-corrected chi connectivity index (χ0v) is 11.9. The van der Waals surface area contributed by atoms with Gasteiger partial charge in [-0.15, -0.1) is 0 Å². The maximum Gasteiger partial charge on any atom is 0.330 e. The van der Waals surface area contributed by atoms with Crippen molar-refractivity contribution in [2.75, 3.05) is 7.11 Å². The number of ether oxygens (including phenoxy) is 2. The number of hydrogen-bond acceptors (Lipinski definition) is 7. The molecule has 0 bridgehead atoms. The van der Waals surface area contributed by atoms with Crippen LogP contribution in [0.2, 0.25) is 0 Å². The molecule has 0 aliphatic carbocycles. The summed E-state index contributed by atoms with van der Waals surface area (Å²) in [6.07, 6.45) is -4.60. The number of aromatic amines is 1. The molecule has 5 N–H and O–H groups in total. The second kappa shape index (κ2) is 6.01. The molecule has 0 saturated carbocycles. The molecule has 0 radical (unpaired) electrons. The smallest absolute Gasteiger partial charge is 0.330 e. The molecule has 0 aromatic carbocycles. The minimum absolute atomic E-state index is 0.465. The van der Waals surface area contributed by atoms with Crippen molar-refractivity contribution in [2.24, 2.45) is 5.73 Å². The molecule has 1 aliphatic rings. The van der Waals surface area contributed by atoms with Crippen LogP contribution in [0.15, 0.2) is 15.8 Å². The van der Waals surface area contributed by atoms with E-state index in [1.807, 2.05) is 4.98 Å². The number of aliphatic hydroxyl groups excluding tert-OH is 2. The highest BCUT2D eigenvalue weighted by Crippen LogP contribution is 2.30. The van der Waals surface area contributed by atoms with Gasteiger partial charge in [0.05, 0.1) is 6.10 Å². The van der Waals surface area contributed by atoms with Crippen LogP contribution < -0.4 is 17.0 Å². The van der Waals surface area contributed by atoms with Gasteiger partial charge in [0, 0.05) is 13.3 Å². The lowest BCUT2D eigenvalue weighted by atomic mass is 10.1. The molecule has 1 fully saturated rings. The van der Waals surface area contributed by atoms with E-state index in [2.05, 4.69) is 0 Å². The molecule has 10 nitrogen and oxygen atoms in total. The van der Waals surface area contributed by atoms with Crippen molar-refractivity contribution in [1.82, 2.24) is 9.55 Å². The number of methoxy groups -OCH3 is 1. The van der Waals surface area contributed by atoms with E-state index in [0.717, 1.165) is 10.8 Å². The van der Waals surface area contributed by atoms with Crippen LogP contribution in [0, 0.1) is 0 Å². The van der Waals surface area contributed by atoms with E-state index >= 15 is 0 Å². The van der Waals surface area contributed by atoms with Gasteiger partial charge in [0.15, 0.2) is 6.23 Å². The lowest BCUT2D eigenvalue weighted by molar-refractivity contribution is -0.0915. The minimum atomic E-state index is -1.45. The van der Waals surface area contributed by atoms with Gasteiger partial charge >= 0.3 is 5.69 Å². The molecule has 1 aromatic heterocycles. The average Bonchev–Trinajstić information content (AvgIpc) is 2.74. The minimum Gasteiger partial charge on any atom is -0.387 e. The van der Waals surface area contributed by atoms with Gasteiger partial charge < -0.3 is 25.4 Å². The van der Waals surface area contributed by atoms with E-state index in [0.29, 0.717) is 0 Å². The molecule has 1 unspecified atom stereocenters. The number of aromatic nitrogens is 2. The van der Waals surface area contributed by atoms with Gasteiger partial charge in [-0.2, -0.15) is 0 Å². The van der Waals surface area contributed by atoms with Crippen molar-refractivity contribution >= 4 is 5.91 Å². The van der Waals surface area contributed by atoms with Crippen molar-refractivity contribution in [3.63, 3.8) is 0 Å². The largest absolute Gasteiger partial charge is 0.387 e. The first kappa shape index (κ1) is 16.4. The number of nitrogens with zero attached hydrogens (tertiary/aromatic N) is 1. The quantitative estimate of drug-likeness (QED) is 0.470. The molecular weight excluding hydrogens is 298 g/mol. The molecular formula is C12H17N3O7. The van der Waals surface area contributed by atoms with Crippen LogP contribution in [0.4, 0.5) is 0 Å². The highest BCUT2D eigenvalue weighted by molar-refractivity contribution is 5.91. The SMILES string of the molecule is COC(C)[C@H]1O[C@@H](n2cc(C(N)=O)c(=O)[nH]c2=O)[C@H](O)[C@@H]1O. The van der Waals surface area contributed by atoms with E-state index in [4.69, 9.17) is 15.2 Å². The fourth-order valence-electron chi connectivity index (χ4n) is 2.29. The summed E-state index contributed by atoms with van der Waals surface area (Å²) in [6.45, 7) is 1.62. The number of rotatable bonds is 4. The van der Waals surface area contributed by atoms with Crippen LogP contribution in [0.5, 0.6) is 0 Å². The molecule has 22 heavy (non-hydrogen) atoms. The Bertz CT molecular complexity index is 682. The van der Waals surface area contributed by atoms with Crippen molar-refractivity contribution in [2.45, 2.75) is 37.6 Å². The summed E-state index contributed by atoms with van der Waals surface area (Å²) in [5, 5.41) is 20.0. The second-order valence-electron chi connectivity index (χ2n) is 4.99. The fraction of sp³-hybridized carbons (Fsp3) is 0.583. The van der Waals surface area contributed by atoms with Gasteiger partial charge in [-0.05, 0) is 6.92 Å². The third kappa shape index (κ3) is 2.68. The first-order chi connectivity index (χ1) is 10.3. The number of carbonyl (C=O) groups is 1. The number of nitrogens with one attached hydrogen (secondary N) is 1. The number of primary amides is 1. The Hall–Kier alpha value is -2.01. The highest BCUT2D eigenvalue weighted by atomic mass is 16.6. The van der Waals surface area contributed by atoms with Crippen LogP contribution in [-0.2, 0) is 9.47 Å². The first-order valence-electron chi connectivity index (χ1n) is 6.47. The van der Waals surface area contributed by atoms with E-state index in [9.17, 15) is 24.6 Å². The monoisotopic (exact) mass is 315 g/mol. The standard InChI is InChI=1S/C12H17N3O7/c1-4(21-2)8-6(16)7(17)11(22-8)15-3-5(9(13)18)10(19)14-12(15)20/h3-4,6-8,11,16-17H,1-2H3,(H2,13,18)(H,14,19,20)/t4?,6-,7+,8+,11+/m0/s1. The molecule has 2 heterocycles. The Morgan fingerprint density at radius 1 is 1.45 bits per heavy atom. The van der Waals surface area contributed by atoms with E-state index in [1.165, 1.54) is 7.11 Å². The number of nitrogens with two attached hydrogens (primary N) is 1. The Morgan fingerprint density at radius 2 is 2.09 bits per heavy atom. The van der Waals surface area contributed by atoms with E-state index < -0.39 is 53.4 Å². The molecule has 1 aromatic rings. The predicted octanol–water partition coefficient (Wildman–Crippen LogP) is -2.71. The van der Waals surface area contributed by atoms with E-state index in [-0.39, 0.29) is 0 Å². The van der Waals surface area contributed by atoms with Gasteiger partial charge in [-0.25, -0.2) is 4.79 Å². The van der Waals surface area contributed by atoms with Crippen molar-refractivity contribution < 1.29 is 24.5 Å². The molecule has 1 saturated heterocycles. The van der Waals surface area contributed by atoms with Crippen LogP contribution in [0.25, 0.3) is 0 Å². The third-order valence-electron chi connectivity index (χ3n) is 3.62. The number of aliphatic hydroxyl groups is 2. The van der Waals surface area contributed by atoms with Gasteiger partial charge in [-0.1, -0.05) is 0 Å². The molecule has 10 heteroatoms. The molecule has 1 amide bonds. The zero-order chi connectivity index (χ0) is 16.6. The molecule has 122 valence electrons. The van der Waals surface area contributed by atoms with Gasteiger partial charge in [0.25, 0.3) is 11.5 Å². The second-order valence-corrected chi connectivity index (χ2v) is 4.99. The highest BCUT2D eigenvalue weighted by Gasteiger charge is 2.46. The first-order valence-corrected chi connectivity index (χ1v) is 6.47. The molecule has 5 atom stereocenters. The Morgan fingerprint density at radius 3 is 2.64 bits per heavy atom. The summed E-state index contributed by atoms with van der Waals surface area (Å²) < 4.78 is 11.3. The normalized spacial score (nSPS) is 29.5. The lowest BCUT2D eigenvalue weighted by Gasteiger charge is -2.20. The maximum absolute atomic E-state index is 11.9. The Labute approximate surface area is 124 Å². The zero-order valence-electron chi connectivity index (χ0n) is 11.9. The summed E-state index contributed by atoms with van der Waals surface area (Å²) in [6, 6.07) is 0. The maximum atomic E-state index is 11.9. The fourth-order valence-corrected chi connectivity index (χ4v) is 2.29. The third-order valence-corrected chi connectivity index (χ3v) is 3.62. The average molecular weight is 315 g/mol. The van der Waals surface area contributed by atoms with Crippen LogP contribution in [0.3, 0.4) is 0 Å². The van der Waals surface area contributed by atoms with Crippen LogP contribution in [-0.4, -0.2) is 57.2 Å². The lowest BCUT2D eigenvalue weighted by Crippen LogP contribution is -2.40. The van der Waals surface area contributed by atoms with Gasteiger partial charge in [0.2, 0.25) is 0 Å².